The van der Waals surface area contributed by atoms with Gasteiger partial charge >= 0.3 is 0 Å². The van der Waals surface area contributed by atoms with E-state index < -0.39 is 0 Å². The second-order valence-electron chi connectivity index (χ2n) is 2.23. The van der Waals surface area contributed by atoms with E-state index in [0.29, 0.717) is 12.5 Å². The fourth-order valence-corrected chi connectivity index (χ4v) is 0.872. The van der Waals surface area contributed by atoms with E-state index in [9.17, 15) is 4.79 Å². The third-order valence-corrected chi connectivity index (χ3v) is 1.48. The highest BCUT2D eigenvalue weighted by Crippen LogP contribution is 2.32. The maximum Gasteiger partial charge on any atom is 0.288 e. The first kappa shape index (κ1) is 4.85. The zero-order chi connectivity index (χ0) is 6.27. The van der Waals surface area contributed by atoms with Gasteiger partial charge < -0.3 is 10.1 Å². The molecule has 0 aromatic heterocycles. The van der Waals surface area contributed by atoms with Crippen LogP contribution in [0.5, 0.6) is 0 Å². The Morgan fingerprint density at radius 1 is 1.44 bits per heavy atom. The van der Waals surface area contributed by atoms with Crippen molar-refractivity contribution < 1.29 is 9.53 Å². The number of carbonyl (C=O) groups is 1. The summed E-state index contributed by atoms with van der Waals surface area (Å²) in [7, 11) is 0. The molecule has 0 bridgehead atoms. The van der Waals surface area contributed by atoms with E-state index in [0.717, 1.165) is 12.8 Å². The van der Waals surface area contributed by atoms with Gasteiger partial charge in [-0.15, -0.1) is 0 Å². The molecule has 1 aliphatic carbocycles. The number of hydrogen-bond donors (Lipinski definition) is 1. The molecule has 3 nitrogen and oxygen atoms in total. The number of amides is 1. The molecular formula is C6H7NO2. The normalized spacial score (nSPS) is 23.8. The van der Waals surface area contributed by atoms with Crippen molar-refractivity contribution in [2.75, 3.05) is 6.73 Å². The number of nitrogens with one attached hydrogen (secondary N) is 1. The van der Waals surface area contributed by atoms with Crippen LogP contribution in [0.4, 0.5) is 0 Å². The minimum Gasteiger partial charge on any atom is -0.467 e. The summed E-state index contributed by atoms with van der Waals surface area (Å²) in [5.41, 5.74) is 1.17. The van der Waals surface area contributed by atoms with Crippen LogP contribution in [0, 0.1) is 0 Å². The van der Waals surface area contributed by atoms with Gasteiger partial charge in [0.15, 0.2) is 12.5 Å². The molecule has 1 saturated carbocycles. The predicted molar refractivity (Wildman–Crippen MR) is 30.4 cm³/mol. The van der Waals surface area contributed by atoms with Crippen LogP contribution in [0.1, 0.15) is 12.8 Å². The number of rotatable bonds is 0. The molecule has 1 N–H and O–H groups in total. The summed E-state index contributed by atoms with van der Waals surface area (Å²) >= 11 is 0. The largest absolute Gasteiger partial charge is 0.467 e. The van der Waals surface area contributed by atoms with Crippen molar-refractivity contribution in [2.24, 2.45) is 0 Å². The Bertz CT molecular complexity index is 189. The Labute approximate surface area is 52.7 Å². The van der Waals surface area contributed by atoms with Gasteiger partial charge in [0.2, 0.25) is 0 Å². The van der Waals surface area contributed by atoms with Crippen molar-refractivity contribution in [3.05, 3.63) is 11.3 Å². The molecule has 1 aliphatic heterocycles. The van der Waals surface area contributed by atoms with Crippen molar-refractivity contribution in [3.8, 4) is 0 Å². The van der Waals surface area contributed by atoms with Crippen molar-refractivity contribution in [3.63, 3.8) is 0 Å². The summed E-state index contributed by atoms with van der Waals surface area (Å²) in [6, 6.07) is 0. The number of ether oxygens (including phenoxy) is 1. The minimum absolute atomic E-state index is 0.0394. The molecule has 0 unspecified atom stereocenters. The van der Waals surface area contributed by atoms with Gasteiger partial charge in [-0.1, -0.05) is 0 Å². The van der Waals surface area contributed by atoms with Crippen LogP contribution < -0.4 is 5.32 Å². The molecule has 0 aromatic rings. The van der Waals surface area contributed by atoms with E-state index in [-0.39, 0.29) is 5.91 Å². The van der Waals surface area contributed by atoms with Crippen molar-refractivity contribution in [2.45, 2.75) is 12.8 Å². The molecule has 9 heavy (non-hydrogen) atoms. The highest BCUT2D eigenvalue weighted by Gasteiger charge is 2.27. The Balaban J connectivity index is 2.29. The molecule has 0 spiro atoms. The molecule has 2 aliphatic rings. The van der Waals surface area contributed by atoms with Gasteiger partial charge in [-0.25, -0.2) is 0 Å². The van der Waals surface area contributed by atoms with Gasteiger partial charge in [0.05, 0.1) is 0 Å². The molecule has 1 amide bonds. The summed E-state index contributed by atoms with van der Waals surface area (Å²) in [5.74, 6) is 0.539. The lowest BCUT2D eigenvalue weighted by atomic mass is 10.4. The maximum atomic E-state index is 10.8. The monoisotopic (exact) mass is 125 g/mol. The molecular weight excluding hydrogens is 118 g/mol. The summed E-state index contributed by atoms with van der Waals surface area (Å²) in [4.78, 5) is 10.8. The van der Waals surface area contributed by atoms with Gasteiger partial charge in [0.1, 0.15) is 0 Å². The van der Waals surface area contributed by atoms with E-state index in [2.05, 4.69) is 5.32 Å². The molecule has 2 rings (SSSR count). The van der Waals surface area contributed by atoms with E-state index in [1.165, 1.54) is 5.57 Å². The van der Waals surface area contributed by atoms with Crippen LogP contribution in [0.3, 0.4) is 0 Å². The third-order valence-electron chi connectivity index (χ3n) is 1.48. The first-order valence-electron chi connectivity index (χ1n) is 3.01. The van der Waals surface area contributed by atoms with E-state index in [4.69, 9.17) is 4.74 Å². The molecule has 3 heteroatoms. The summed E-state index contributed by atoms with van der Waals surface area (Å²) in [5, 5.41) is 2.57. The van der Waals surface area contributed by atoms with E-state index in [1.807, 2.05) is 0 Å². The first-order chi connectivity index (χ1) is 4.38. The molecule has 1 heterocycles. The summed E-state index contributed by atoms with van der Waals surface area (Å²) in [6.07, 6.45) is 2.09. The second kappa shape index (κ2) is 1.50. The zero-order valence-corrected chi connectivity index (χ0v) is 4.94. The lowest BCUT2D eigenvalue weighted by Crippen LogP contribution is -2.14. The zero-order valence-electron chi connectivity index (χ0n) is 4.94. The number of allylic oxidation sites excluding steroid dienone is 1. The van der Waals surface area contributed by atoms with Crippen LogP contribution in [-0.4, -0.2) is 12.6 Å². The highest BCUT2D eigenvalue weighted by atomic mass is 16.5. The first-order valence-corrected chi connectivity index (χ1v) is 3.01. The second-order valence-corrected chi connectivity index (χ2v) is 2.23. The number of hydrogen-bond acceptors (Lipinski definition) is 2. The molecule has 1 saturated heterocycles. The third kappa shape index (κ3) is 0.686. The predicted octanol–water partition coefficient (Wildman–Crippen LogP) is 0.138. The smallest absolute Gasteiger partial charge is 0.288 e. The van der Waals surface area contributed by atoms with E-state index >= 15 is 0 Å². The molecule has 2 fully saturated rings. The van der Waals surface area contributed by atoms with Crippen molar-refractivity contribution in [1.82, 2.24) is 5.32 Å². The van der Waals surface area contributed by atoms with Crippen LogP contribution >= 0.6 is 0 Å². The van der Waals surface area contributed by atoms with Gasteiger partial charge in [-0.2, -0.15) is 0 Å². The van der Waals surface area contributed by atoms with Gasteiger partial charge in [0, 0.05) is 0 Å². The molecule has 0 atom stereocenters. The lowest BCUT2D eigenvalue weighted by molar-refractivity contribution is -0.116. The highest BCUT2D eigenvalue weighted by molar-refractivity contribution is 5.94. The van der Waals surface area contributed by atoms with Crippen LogP contribution in [0.15, 0.2) is 11.3 Å². The summed E-state index contributed by atoms with van der Waals surface area (Å²) < 4.78 is 5.01. The topological polar surface area (TPSA) is 38.3 Å². The average Bonchev–Trinajstić information content (AvgIpc) is 2.58. The quantitative estimate of drug-likeness (QED) is 0.467. The Morgan fingerprint density at radius 2 is 2.22 bits per heavy atom. The van der Waals surface area contributed by atoms with Crippen molar-refractivity contribution >= 4 is 5.91 Å². The average molecular weight is 125 g/mol. The number of carbonyl (C=O) groups excluding carboxylic acids is 1. The summed E-state index contributed by atoms with van der Waals surface area (Å²) in [6.45, 7) is 0.359. The molecule has 0 radical (unpaired) electrons. The fourth-order valence-electron chi connectivity index (χ4n) is 0.872. The lowest BCUT2D eigenvalue weighted by Gasteiger charge is -1.88. The van der Waals surface area contributed by atoms with Crippen LogP contribution in [0.25, 0.3) is 0 Å². The minimum atomic E-state index is -0.0394. The SMILES string of the molecule is O=C1NCOC1=C1CC1. The Hall–Kier alpha value is -0.990. The maximum absolute atomic E-state index is 10.8. The Kier molecular flexibility index (Phi) is 0.806. The van der Waals surface area contributed by atoms with E-state index in [1.54, 1.807) is 0 Å². The van der Waals surface area contributed by atoms with Crippen LogP contribution in [-0.2, 0) is 9.53 Å². The molecule has 48 valence electrons. The molecule has 0 aromatic carbocycles. The van der Waals surface area contributed by atoms with Gasteiger partial charge in [0.25, 0.3) is 5.91 Å². The van der Waals surface area contributed by atoms with Crippen LogP contribution in [0.2, 0.25) is 0 Å². The van der Waals surface area contributed by atoms with Gasteiger partial charge in [-0.05, 0) is 18.4 Å². The van der Waals surface area contributed by atoms with Crippen molar-refractivity contribution in [1.29, 1.82) is 0 Å². The van der Waals surface area contributed by atoms with Gasteiger partial charge in [-0.3, -0.25) is 4.79 Å². The fraction of sp³-hybridized carbons (Fsp3) is 0.500. The Morgan fingerprint density at radius 3 is 2.67 bits per heavy atom. The standard InChI is InChI=1S/C6H7NO2/c8-6-5(4-1-2-4)9-3-7-6/h1-3H2,(H,7,8).